The van der Waals surface area contributed by atoms with Crippen LogP contribution in [0.1, 0.15) is 19.4 Å². The minimum absolute atomic E-state index is 1.26. The third-order valence-corrected chi connectivity index (χ3v) is 2.92. The van der Waals surface area contributed by atoms with Crippen LogP contribution in [0.3, 0.4) is 0 Å². The minimum Gasteiger partial charge on any atom is -0.0981 e. The summed E-state index contributed by atoms with van der Waals surface area (Å²) in [6.45, 7) is 6.23. The Morgan fingerprint density at radius 3 is 2.50 bits per heavy atom. The van der Waals surface area contributed by atoms with Crippen molar-refractivity contribution >= 4 is 11.8 Å². The highest BCUT2D eigenvalue weighted by Crippen LogP contribution is 2.19. The van der Waals surface area contributed by atoms with E-state index in [0.717, 1.165) is 0 Å². The highest BCUT2D eigenvalue weighted by atomic mass is 32.2. The number of hydrogen-bond acceptors (Lipinski definition) is 1. The first-order valence-corrected chi connectivity index (χ1v) is 6.30. The molecule has 0 aliphatic carbocycles. The summed E-state index contributed by atoms with van der Waals surface area (Å²) in [5, 5.41) is 2.12. The Morgan fingerprint density at radius 1 is 1.19 bits per heavy atom. The third-order valence-electron chi connectivity index (χ3n) is 2.11. The SMILES string of the molecule is C/C=C\C=C(\C)C=CSc1ccc(C)cc1. The van der Waals surface area contributed by atoms with Crippen LogP contribution in [0.15, 0.2) is 64.4 Å². The third kappa shape index (κ3) is 5.04. The van der Waals surface area contributed by atoms with Gasteiger partial charge in [0.2, 0.25) is 0 Å². The van der Waals surface area contributed by atoms with Crippen LogP contribution in [0.2, 0.25) is 0 Å². The van der Waals surface area contributed by atoms with Gasteiger partial charge in [-0.2, -0.15) is 0 Å². The van der Waals surface area contributed by atoms with E-state index in [-0.39, 0.29) is 0 Å². The lowest BCUT2D eigenvalue weighted by Crippen LogP contribution is -1.71. The highest BCUT2D eigenvalue weighted by molar-refractivity contribution is 8.02. The van der Waals surface area contributed by atoms with Crippen molar-refractivity contribution in [1.29, 1.82) is 0 Å². The lowest BCUT2D eigenvalue weighted by atomic mass is 10.2. The van der Waals surface area contributed by atoms with Crippen molar-refractivity contribution in [2.24, 2.45) is 0 Å². The summed E-state index contributed by atoms with van der Waals surface area (Å²) < 4.78 is 0. The van der Waals surface area contributed by atoms with Crippen LogP contribution in [0.5, 0.6) is 0 Å². The predicted octanol–water partition coefficient (Wildman–Crippen LogP) is 5.12. The molecule has 84 valence electrons. The van der Waals surface area contributed by atoms with Gasteiger partial charge in [0.05, 0.1) is 0 Å². The molecule has 0 spiro atoms. The summed E-state index contributed by atoms with van der Waals surface area (Å²) in [7, 11) is 0. The van der Waals surface area contributed by atoms with Crippen LogP contribution in [-0.2, 0) is 0 Å². The van der Waals surface area contributed by atoms with E-state index in [9.17, 15) is 0 Å². The Balaban J connectivity index is 2.51. The number of allylic oxidation sites excluding steroid dienone is 5. The van der Waals surface area contributed by atoms with Gasteiger partial charge in [0.25, 0.3) is 0 Å². The van der Waals surface area contributed by atoms with E-state index in [1.807, 2.05) is 13.0 Å². The van der Waals surface area contributed by atoms with E-state index in [1.54, 1.807) is 11.8 Å². The van der Waals surface area contributed by atoms with Gasteiger partial charge in [-0.15, -0.1) is 0 Å². The quantitative estimate of drug-likeness (QED) is 0.511. The molecule has 0 atom stereocenters. The monoisotopic (exact) mass is 230 g/mol. The summed E-state index contributed by atoms with van der Waals surface area (Å²) in [6, 6.07) is 8.57. The van der Waals surface area contributed by atoms with E-state index in [4.69, 9.17) is 0 Å². The second-order valence-corrected chi connectivity index (χ2v) is 4.65. The molecule has 0 bridgehead atoms. The average molecular weight is 230 g/mol. The molecule has 0 unspecified atom stereocenters. The second kappa shape index (κ2) is 7.13. The number of hydrogen-bond donors (Lipinski definition) is 0. The van der Waals surface area contributed by atoms with Crippen LogP contribution in [0, 0.1) is 6.92 Å². The van der Waals surface area contributed by atoms with Gasteiger partial charge < -0.3 is 0 Å². The maximum Gasteiger partial charge on any atom is 0.0116 e. The summed E-state index contributed by atoms with van der Waals surface area (Å²) in [6.07, 6.45) is 8.32. The zero-order valence-corrected chi connectivity index (χ0v) is 10.9. The molecule has 0 radical (unpaired) electrons. The Morgan fingerprint density at radius 2 is 1.88 bits per heavy atom. The van der Waals surface area contributed by atoms with E-state index in [1.165, 1.54) is 16.0 Å². The van der Waals surface area contributed by atoms with E-state index in [0.29, 0.717) is 0 Å². The molecule has 0 aromatic heterocycles. The van der Waals surface area contributed by atoms with Crippen molar-refractivity contribution in [3.8, 4) is 0 Å². The number of aryl methyl sites for hydroxylation is 1. The molecule has 0 aliphatic rings. The maximum atomic E-state index is 2.15. The van der Waals surface area contributed by atoms with Crippen LogP contribution in [0.4, 0.5) is 0 Å². The Bertz CT molecular complexity index is 394. The van der Waals surface area contributed by atoms with Crippen molar-refractivity contribution in [3.05, 3.63) is 65.1 Å². The van der Waals surface area contributed by atoms with Gasteiger partial charge in [-0.25, -0.2) is 0 Å². The summed E-state index contributed by atoms with van der Waals surface area (Å²) in [5.41, 5.74) is 2.57. The Hall–Kier alpha value is -1.21. The lowest BCUT2D eigenvalue weighted by Gasteiger charge is -1.96. The normalized spacial score (nSPS) is 12.8. The molecule has 0 fully saturated rings. The summed E-state index contributed by atoms with van der Waals surface area (Å²) in [5.74, 6) is 0. The molecule has 0 heterocycles. The fourth-order valence-corrected chi connectivity index (χ4v) is 1.87. The molecule has 1 aromatic carbocycles. The molecule has 0 amide bonds. The average Bonchev–Trinajstić information content (AvgIpc) is 2.29. The molecule has 0 aliphatic heterocycles. The molecule has 0 N–H and O–H groups in total. The van der Waals surface area contributed by atoms with E-state index >= 15 is 0 Å². The first kappa shape index (κ1) is 12.9. The molecule has 1 heteroatoms. The van der Waals surface area contributed by atoms with Gasteiger partial charge in [0.1, 0.15) is 0 Å². The van der Waals surface area contributed by atoms with Gasteiger partial charge in [-0.1, -0.05) is 59.3 Å². The van der Waals surface area contributed by atoms with Crippen LogP contribution >= 0.6 is 11.8 Å². The van der Waals surface area contributed by atoms with Gasteiger partial charge in [0, 0.05) is 4.90 Å². The van der Waals surface area contributed by atoms with E-state index in [2.05, 4.69) is 61.7 Å². The molecule has 1 aromatic rings. The van der Waals surface area contributed by atoms with Gasteiger partial charge >= 0.3 is 0 Å². The minimum atomic E-state index is 1.26. The molecule has 0 saturated heterocycles. The number of thioether (sulfide) groups is 1. The van der Waals surface area contributed by atoms with Crippen molar-refractivity contribution < 1.29 is 0 Å². The van der Waals surface area contributed by atoms with E-state index < -0.39 is 0 Å². The number of benzene rings is 1. The largest absolute Gasteiger partial charge is 0.0981 e. The second-order valence-electron chi connectivity index (χ2n) is 3.67. The number of rotatable bonds is 4. The van der Waals surface area contributed by atoms with Gasteiger partial charge in [-0.3, -0.25) is 0 Å². The standard InChI is InChI=1S/C15H18S/c1-4-5-6-13(2)11-12-16-15-9-7-14(3)8-10-15/h4-12H,1-3H3/b5-4-,12-11?,13-6-. The van der Waals surface area contributed by atoms with Crippen molar-refractivity contribution in [3.63, 3.8) is 0 Å². The molecule has 0 nitrogen and oxygen atoms in total. The fraction of sp³-hybridized carbons (Fsp3) is 0.200. The van der Waals surface area contributed by atoms with Crippen LogP contribution in [-0.4, -0.2) is 0 Å². The topological polar surface area (TPSA) is 0 Å². The Kier molecular flexibility index (Phi) is 5.73. The molecular formula is C15H18S. The van der Waals surface area contributed by atoms with Gasteiger partial charge in [-0.05, 0) is 38.3 Å². The molecule has 1 rings (SSSR count). The maximum absolute atomic E-state index is 2.15. The summed E-state index contributed by atoms with van der Waals surface area (Å²) in [4.78, 5) is 1.28. The molecule has 16 heavy (non-hydrogen) atoms. The zero-order valence-electron chi connectivity index (χ0n) is 10.1. The van der Waals surface area contributed by atoms with Crippen molar-refractivity contribution in [1.82, 2.24) is 0 Å². The Labute approximate surface area is 103 Å². The van der Waals surface area contributed by atoms with Gasteiger partial charge in [0.15, 0.2) is 0 Å². The first-order chi connectivity index (χ1) is 7.72. The highest BCUT2D eigenvalue weighted by Gasteiger charge is 1.89. The fourth-order valence-electron chi connectivity index (χ4n) is 1.14. The van der Waals surface area contributed by atoms with Crippen LogP contribution in [0.25, 0.3) is 0 Å². The predicted molar refractivity (Wildman–Crippen MR) is 74.7 cm³/mol. The summed E-state index contributed by atoms with van der Waals surface area (Å²) >= 11 is 1.75. The lowest BCUT2D eigenvalue weighted by molar-refractivity contribution is 1.38. The first-order valence-electron chi connectivity index (χ1n) is 5.42. The van der Waals surface area contributed by atoms with Crippen LogP contribution < -0.4 is 0 Å². The van der Waals surface area contributed by atoms with Crippen molar-refractivity contribution in [2.45, 2.75) is 25.7 Å². The molecular weight excluding hydrogens is 212 g/mol. The zero-order chi connectivity index (χ0) is 11.8. The molecule has 0 saturated carbocycles. The smallest absolute Gasteiger partial charge is 0.0116 e. The van der Waals surface area contributed by atoms with Crippen molar-refractivity contribution in [2.75, 3.05) is 0 Å².